The van der Waals surface area contributed by atoms with Gasteiger partial charge in [0, 0.05) is 13.2 Å². The molecule has 86 valence electrons. The number of halogens is 1. The maximum absolute atomic E-state index is 11.7. The van der Waals surface area contributed by atoms with Crippen LogP contribution in [0.2, 0.25) is 0 Å². The first kappa shape index (κ1) is 11.5. The minimum atomic E-state index is -0.156. The molecule has 5 heteroatoms. The minimum Gasteiger partial charge on any atom is -0.376 e. The molecule has 1 aromatic rings. The van der Waals surface area contributed by atoms with Crippen molar-refractivity contribution < 1.29 is 9.53 Å². The molecule has 1 unspecified atom stereocenters. The fourth-order valence-corrected chi connectivity index (χ4v) is 1.98. The first-order valence-electron chi connectivity index (χ1n) is 5.28. The molecule has 0 saturated carbocycles. The van der Waals surface area contributed by atoms with Crippen LogP contribution in [0.5, 0.6) is 0 Å². The number of hydrogen-bond donors (Lipinski definition) is 1. The summed E-state index contributed by atoms with van der Waals surface area (Å²) in [5, 5.41) is 2.82. The van der Waals surface area contributed by atoms with Crippen molar-refractivity contribution in [1.82, 2.24) is 10.3 Å². The monoisotopic (exact) mass is 284 g/mol. The van der Waals surface area contributed by atoms with E-state index in [-0.39, 0.29) is 12.0 Å². The summed E-state index contributed by atoms with van der Waals surface area (Å²) >= 11 is 3.23. The summed E-state index contributed by atoms with van der Waals surface area (Å²) in [4.78, 5) is 15.8. The zero-order chi connectivity index (χ0) is 11.4. The van der Waals surface area contributed by atoms with E-state index >= 15 is 0 Å². The molecular weight excluding hydrogens is 272 g/mol. The average molecular weight is 285 g/mol. The standard InChI is InChI=1S/C11H13BrN2O2/c12-10-5-1-4-9(14-10)11(15)13-7-8-3-2-6-16-8/h1,4-5,8H,2-3,6-7H2,(H,13,15). The van der Waals surface area contributed by atoms with E-state index in [1.807, 2.05) is 0 Å². The Kier molecular flexibility index (Phi) is 3.90. The number of amides is 1. The van der Waals surface area contributed by atoms with Crippen LogP contribution in [0.25, 0.3) is 0 Å². The molecule has 1 aromatic heterocycles. The predicted octanol–water partition coefficient (Wildman–Crippen LogP) is 1.75. The van der Waals surface area contributed by atoms with Gasteiger partial charge in [-0.15, -0.1) is 0 Å². The second kappa shape index (κ2) is 5.41. The van der Waals surface area contributed by atoms with Crippen molar-refractivity contribution in [1.29, 1.82) is 0 Å². The molecule has 0 aliphatic carbocycles. The van der Waals surface area contributed by atoms with Crippen LogP contribution in [0.1, 0.15) is 23.3 Å². The van der Waals surface area contributed by atoms with Crippen molar-refractivity contribution in [3.05, 3.63) is 28.5 Å². The molecule has 1 saturated heterocycles. The summed E-state index contributed by atoms with van der Waals surface area (Å²) in [6, 6.07) is 5.27. The lowest BCUT2D eigenvalue weighted by molar-refractivity contribution is 0.0853. The van der Waals surface area contributed by atoms with Crippen LogP contribution in [0.3, 0.4) is 0 Å². The molecule has 1 aliphatic heterocycles. The normalized spacial score (nSPS) is 19.7. The Bertz CT molecular complexity index is 378. The molecule has 16 heavy (non-hydrogen) atoms. The lowest BCUT2D eigenvalue weighted by Crippen LogP contribution is -2.32. The maximum Gasteiger partial charge on any atom is 0.270 e. The van der Waals surface area contributed by atoms with Crippen molar-refractivity contribution in [3.8, 4) is 0 Å². The van der Waals surface area contributed by atoms with Gasteiger partial charge in [-0.2, -0.15) is 0 Å². The molecule has 0 aromatic carbocycles. The van der Waals surface area contributed by atoms with Crippen molar-refractivity contribution in [3.63, 3.8) is 0 Å². The van der Waals surface area contributed by atoms with Crippen molar-refractivity contribution in [2.75, 3.05) is 13.2 Å². The summed E-state index contributed by atoms with van der Waals surface area (Å²) in [5.74, 6) is -0.156. The van der Waals surface area contributed by atoms with Gasteiger partial charge in [0.2, 0.25) is 0 Å². The smallest absolute Gasteiger partial charge is 0.270 e. The Morgan fingerprint density at radius 1 is 1.62 bits per heavy atom. The van der Waals surface area contributed by atoms with E-state index in [2.05, 4.69) is 26.2 Å². The van der Waals surface area contributed by atoms with E-state index in [4.69, 9.17) is 4.74 Å². The quantitative estimate of drug-likeness (QED) is 0.861. The van der Waals surface area contributed by atoms with Gasteiger partial charge in [0.15, 0.2) is 0 Å². The zero-order valence-corrected chi connectivity index (χ0v) is 10.4. The summed E-state index contributed by atoms with van der Waals surface area (Å²) in [6.07, 6.45) is 2.26. The molecule has 1 fully saturated rings. The van der Waals surface area contributed by atoms with Crippen LogP contribution in [0.15, 0.2) is 22.8 Å². The Morgan fingerprint density at radius 3 is 3.19 bits per heavy atom. The number of nitrogens with one attached hydrogen (secondary N) is 1. The van der Waals surface area contributed by atoms with Gasteiger partial charge in [0.1, 0.15) is 10.3 Å². The molecule has 0 radical (unpaired) electrons. The third-order valence-corrected chi connectivity index (χ3v) is 2.90. The van der Waals surface area contributed by atoms with Gasteiger partial charge in [-0.05, 0) is 40.9 Å². The summed E-state index contributed by atoms with van der Waals surface area (Å²) in [5.41, 5.74) is 0.423. The van der Waals surface area contributed by atoms with Crippen LogP contribution in [-0.4, -0.2) is 30.1 Å². The Balaban J connectivity index is 1.87. The van der Waals surface area contributed by atoms with Gasteiger partial charge < -0.3 is 10.1 Å². The number of hydrogen-bond acceptors (Lipinski definition) is 3. The zero-order valence-electron chi connectivity index (χ0n) is 8.78. The van der Waals surface area contributed by atoms with Gasteiger partial charge in [0.05, 0.1) is 6.10 Å². The largest absolute Gasteiger partial charge is 0.376 e. The summed E-state index contributed by atoms with van der Waals surface area (Å²) in [7, 11) is 0. The molecule has 4 nitrogen and oxygen atoms in total. The number of aromatic nitrogens is 1. The molecule has 1 amide bonds. The lowest BCUT2D eigenvalue weighted by Gasteiger charge is -2.10. The Labute approximate surface area is 103 Å². The second-order valence-corrected chi connectivity index (χ2v) is 4.50. The average Bonchev–Trinajstić information content (AvgIpc) is 2.78. The third kappa shape index (κ3) is 3.02. The van der Waals surface area contributed by atoms with Gasteiger partial charge in [0.25, 0.3) is 5.91 Å². The number of pyridine rings is 1. The molecule has 0 bridgehead atoms. The number of ether oxygens (including phenoxy) is 1. The number of rotatable bonds is 3. The number of carbonyl (C=O) groups is 1. The van der Waals surface area contributed by atoms with E-state index in [0.717, 1.165) is 19.4 Å². The topological polar surface area (TPSA) is 51.2 Å². The van der Waals surface area contributed by atoms with E-state index in [1.54, 1.807) is 18.2 Å². The van der Waals surface area contributed by atoms with E-state index < -0.39 is 0 Å². The fraction of sp³-hybridized carbons (Fsp3) is 0.455. The highest BCUT2D eigenvalue weighted by atomic mass is 79.9. The van der Waals surface area contributed by atoms with Crippen molar-refractivity contribution in [2.24, 2.45) is 0 Å². The molecule has 0 spiro atoms. The van der Waals surface area contributed by atoms with Crippen LogP contribution >= 0.6 is 15.9 Å². The van der Waals surface area contributed by atoms with Crippen molar-refractivity contribution in [2.45, 2.75) is 18.9 Å². The number of nitrogens with zero attached hydrogens (tertiary/aromatic N) is 1. The molecule has 2 rings (SSSR count). The molecule has 1 atom stereocenters. The van der Waals surface area contributed by atoms with Crippen LogP contribution in [-0.2, 0) is 4.74 Å². The van der Waals surface area contributed by atoms with Gasteiger partial charge in [-0.3, -0.25) is 4.79 Å². The van der Waals surface area contributed by atoms with Crippen molar-refractivity contribution >= 4 is 21.8 Å². The second-order valence-electron chi connectivity index (χ2n) is 3.69. The first-order chi connectivity index (χ1) is 7.75. The van der Waals surface area contributed by atoms with Crippen LogP contribution < -0.4 is 5.32 Å². The third-order valence-electron chi connectivity index (χ3n) is 2.46. The maximum atomic E-state index is 11.7. The highest BCUT2D eigenvalue weighted by Crippen LogP contribution is 2.11. The summed E-state index contributed by atoms with van der Waals surface area (Å²) in [6.45, 7) is 1.36. The van der Waals surface area contributed by atoms with Gasteiger partial charge in [-0.1, -0.05) is 6.07 Å². The predicted molar refractivity (Wildman–Crippen MR) is 63.2 cm³/mol. The number of carbonyl (C=O) groups excluding carboxylic acids is 1. The Morgan fingerprint density at radius 2 is 2.50 bits per heavy atom. The molecule has 2 heterocycles. The SMILES string of the molecule is O=C(NCC1CCCO1)c1cccc(Br)n1. The Hall–Kier alpha value is -0.940. The molecule has 1 aliphatic rings. The van der Waals surface area contributed by atoms with Crippen LogP contribution in [0, 0.1) is 0 Å². The minimum absolute atomic E-state index is 0.156. The van der Waals surface area contributed by atoms with Gasteiger partial charge in [-0.25, -0.2) is 4.98 Å². The molecule has 1 N–H and O–H groups in total. The highest BCUT2D eigenvalue weighted by Gasteiger charge is 2.16. The van der Waals surface area contributed by atoms with E-state index in [0.29, 0.717) is 16.8 Å². The van der Waals surface area contributed by atoms with E-state index in [1.165, 1.54) is 0 Å². The highest BCUT2D eigenvalue weighted by molar-refractivity contribution is 9.10. The lowest BCUT2D eigenvalue weighted by atomic mass is 10.2. The van der Waals surface area contributed by atoms with Gasteiger partial charge >= 0.3 is 0 Å². The fourth-order valence-electron chi connectivity index (χ4n) is 1.64. The van der Waals surface area contributed by atoms with Crippen LogP contribution in [0.4, 0.5) is 0 Å². The van der Waals surface area contributed by atoms with E-state index in [9.17, 15) is 4.79 Å². The first-order valence-corrected chi connectivity index (χ1v) is 6.07. The molecular formula is C11H13BrN2O2. The summed E-state index contributed by atoms with van der Waals surface area (Å²) < 4.78 is 6.08.